The number of aromatic nitrogens is 2. The molecule has 1 heterocycles. The third kappa shape index (κ3) is 3.22. The number of aryl methyl sites for hydroxylation is 1. The molecule has 4 bridgehead atoms. The molecule has 5 nitrogen and oxygen atoms in total. The van der Waals surface area contributed by atoms with Gasteiger partial charge in [-0.3, -0.25) is 0 Å². The number of phenols is 1. The topological polar surface area (TPSA) is 83.3 Å². The van der Waals surface area contributed by atoms with Crippen molar-refractivity contribution in [2.75, 3.05) is 0 Å². The highest BCUT2D eigenvalue weighted by Gasteiger charge is 2.52. The van der Waals surface area contributed by atoms with Crippen molar-refractivity contribution in [3.63, 3.8) is 0 Å². The van der Waals surface area contributed by atoms with Crippen molar-refractivity contribution in [2.24, 2.45) is 17.8 Å². The minimum absolute atomic E-state index is 0.103. The van der Waals surface area contributed by atoms with Gasteiger partial charge in [0.25, 0.3) is 0 Å². The van der Waals surface area contributed by atoms with E-state index >= 15 is 0 Å². The second-order valence-electron chi connectivity index (χ2n) is 9.39. The summed E-state index contributed by atoms with van der Waals surface area (Å²) in [5, 5.41) is 19.6. The number of carboxylic acid groups (broad SMARTS) is 1. The summed E-state index contributed by atoms with van der Waals surface area (Å²) in [6.07, 6.45) is 13.5. The molecule has 0 aliphatic heterocycles. The standard InChI is InChI=1S/C24H26N2O3/c1-14-4-21(27)20(24-9-16-5-17(10-24)7-18(6-16)11-24)8-19(14)23-25-12-15(13-26-23)2-3-22(28)29/h2-4,8,12-13,16-18,27H,5-7,9-11H2,1H3,(H,28,29)/b3-2+. The van der Waals surface area contributed by atoms with Crippen molar-refractivity contribution >= 4 is 12.0 Å². The third-order valence-corrected chi connectivity index (χ3v) is 7.28. The number of rotatable bonds is 4. The Morgan fingerprint density at radius 1 is 1.07 bits per heavy atom. The number of aliphatic carboxylic acids is 1. The van der Waals surface area contributed by atoms with Gasteiger partial charge in [0.15, 0.2) is 5.82 Å². The van der Waals surface area contributed by atoms with Gasteiger partial charge in [-0.05, 0) is 92.4 Å². The van der Waals surface area contributed by atoms with Gasteiger partial charge in [-0.15, -0.1) is 0 Å². The molecule has 2 N–H and O–H groups in total. The number of phenolic OH excluding ortho intramolecular Hbond substituents is 1. The van der Waals surface area contributed by atoms with E-state index in [1.807, 2.05) is 13.0 Å². The molecule has 0 amide bonds. The van der Waals surface area contributed by atoms with Gasteiger partial charge in [-0.1, -0.05) is 0 Å². The van der Waals surface area contributed by atoms with Crippen molar-refractivity contribution in [2.45, 2.75) is 50.9 Å². The first-order valence-corrected chi connectivity index (χ1v) is 10.5. The Kier molecular flexibility index (Phi) is 4.23. The second kappa shape index (κ2) is 6.68. The number of hydrogen-bond donors (Lipinski definition) is 2. The van der Waals surface area contributed by atoms with Crippen molar-refractivity contribution in [1.82, 2.24) is 9.97 Å². The molecular weight excluding hydrogens is 364 g/mol. The summed E-state index contributed by atoms with van der Waals surface area (Å²) in [5.74, 6) is 2.45. The predicted molar refractivity (Wildman–Crippen MR) is 110 cm³/mol. The van der Waals surface area contributed by atoms with Crippen LogP contribution in [-0.4, -0.2) is 26.2 Å². The van der Waals surface area contributed by atoms with Gasteiger partial charge in [0.2, 0.25) is 0 Å². The van der Waals surface area contributed by atoms with Crippen LogP contribution in [0.2, 0.25) is 0 Å². The van der Waals surface area contributed by atoms with Gasteiger partial charge in [-0.2, -0.15) is 0 Å². The second-order valence-corrected chi connectivity index (χ2v) is 9.39. The molecule has 5 heteroatoms. The maximum Gasteiger partial charge on any atom is 0.328 e. The molecule has 0 spiro atoms. The summed E-state index contributed by atoms with van der Waals surface area (Å²) >= 11 is 0. The Bertz CT molecular complexity index is 959. The number of carbonyl (C=O) groups is 1. The molecule has 4 aliphatic rings. The van der Waals surface area contributed by atoms with E-state index in [9.17, 15) is 9.90 Å². The number of hydrogen-bond acceptors (Lipinski definition) is 4. The van der Waals surface area contributed by atoms with Crippen LogP contribution in [0.4, 0.5) is 0 Å². The molecule has 6 rings (SSSR count). The number of carboxylic acids is 1. The van der Waals surface area contributed by atoms with E-state index in [-0.39, 0.29) is 5.41 Å². The molecule has 0 unspecified atom stereocenters. The van der Waals surface area contributed by atoms with Crippen LogP contribution in [0.1, 0.15) is 55.2 Å². The minimum Gasteiger partial charge on any atom is -0.508 e. The molecule has 150 valence electrons. The fourth-order valence-corrected chi connectivity index (χ4v) is 6.53. The van der Waals surface area contributed by atoms with Crippen molar-refractivity contribution in [3.05, 3.63) is 47.3 Å². The average Bonchev–Trinajstić information content (AvgIpc) is 2.66. The smallest absolute Gasteiger partial charge is 0.328 e. The van der Waals surface area contributed by atoms with Gasteiger partial charge in [0, 0.05) is 35.2 Å². The lowest BCUT2D eigenvalue weighted by Crippen LogP contribution is -2.48. The molecule has 4 fully saturated rings. The summed E-state index contributed by atoms with van der Waals surface area (Å²) in [5.41, 5.74) is 3.72. The number of nitrogens with zero attached hydrogens (tertiary/aromatic N) is 2. The van der Waals surface area contributed by atoms with Gasteiger partial charge < -0.3 is 10.2 Å². The van der Waals surface area contributed by atoms with Crippen LogP contribution in [0.3, 0.4) is 0 Å². The molecule has 1 aromatic heterocycles. The average molecular weight is 390 g/mol. The summed E-state index contributed by atoms with van der Waals surface area (Å²) in [6.45, 7) is 1.97. The van der Waals surface area contributed by atoms with E-state index in [1.165, 1.54) is 44.6 Å². The largest absolute Gasteiger partial charge is 0.508 e. The normalized spacial score (nSPS) is 30.2. The number of aromatic hydroxyl groups is 1. The lowest BCUT2D eigenvalue weighted by Gasteiger charge is -2.57. The van der Waals surface area contributed by atoms with E-state index < -0.39 is 5.97 Å². The summed E-state index contributed by atoms with van der Waals surface area (Å²) in [7, 11) is 0. The Balaban J connectivity index is 1.52. The van der Waals surface area contributed by atoms with Crippen LogP contribution in [0, 0.1) is 24.7 Å². The van der Waals surface area contributed by atoms with Gasteiger partial charge in [-0.25, -0.2) is 14.8 Å². The van der Waals surface area contributed by atoms with Crippen LogP contribution in [0.5, 0.6) is 5.75 Å². The van der Waals surface area contributed by atoms with Crippen LogP contribution < -0.4 is 0 Å². The fourth-order valence-electron chi connectivity index (χ4n) is 6.53. The Morgan fingerprint density at radius 3 is 2.21 bits per heavy atom. The zero-order chi connectivity index (χ0) is 20.2. The van der Waals surface area contributed by atoms with Crippen LogP contribution in [0.15, 0.2) is 30.6 Å². The highest BCUT2D eigenvalue weighted by Crippen LogP contribution is 2.62. The third-order valence-electron chi connectivity index (χ3n) is 7.28. The highest BCUT2D eigenvalue weighted by atomic mass is 16.4. The molecule has 0 radical (unpaired) electrons. The first-order valence-electron chi connectivity index (χ1n) is 10.5. The van der Waals surface area contributed by atoms with E-state index in [0.29, 0.717) is 17.1 Å². The molecule has 29 heavy (non-hydrogen) atoms. The fraction of sp³-hybridized carbons (Fsp3) is 0.458. The highest BCUT2D eigenvalue weighted by molar-refractivity contribution is 5.85. The first kappa shape index (κ1) is 18.3. The maximum atomic E-state index is 10.9. The van der Waals surface area contributed by atoms with Gasteiger partial charge in [0.1, 0.15) is 5.75 Å². The zero-order valence-corrected chi connectivity index (χ0v) is 16.6. The van der Waals surface area contributed by atoms with Crippen molar-refractivity contribution in [3.8, 4) is 17.1 Å². The molecular formula is C24H26N2O3. The van der Waals surface area contributed by atoms with Gasteiger partial charge >= 0.3 is 5.97 Å². The van der Waals surface area contributed by atoms with E-state index in [0.717, 1.165) is 40.5 Å². The zero-order valence-electron chi connectivity index (χ0n) is 16.6. The molecule has 0 atom stereocenters. The molecule has 0 saturated heterocycles. The lowest BCUT2D eigenvalue weighted by molar-refractivity contribution is -0.131. The van der Waals surface area contributed by atoms with Crippen molar-refractivity contribution in [1.29, 1.82) is 0 Å². The monoisotopic (exact) mass is 390 g/mol. The van der Waals surface area contributed by atoms with E-state index in [4.69, 9.17) is 5.11 Å². The molecule has 4 saturated carbocycles. The van der Waals surface area contributed by atoms with E-state index in [2.05, 4.69) is 16.0 Å². The van der Waals surface area contributed by atoms with Crippen LogP contribution in [0.25, 0.3) is 17.5 Å². The maximum absolute atomic E-state index is 10.9. The summed E-state index contributed by atoms with van der Waals surface area (Å²) in [4.78, 5) is 19.6. The Labute approximate surface area is 170 Å². The quantitative estimate of drug-likeness (QED) is 0.738. The first-order chi connectivity index (χ1) is 13.9. The Hall–Kier alpha value is -2.69. The SMILES string of the molecule is Cc1cc(O)c(C23CC4CC(CC(C4)C2)C3)cc1-c1ncc(/C=C/C(=O)O)cn1. The molecule has 1 aromatic carbocycles. The predicted octanol–water partition coefficient (Wildman–Crippen LogP) is 4.72. The lowest BCUT2D eigenvalue weighted by atomic mass is 9.48. The van der Waals surface area contributed by atoms with E-state index in [1.54, 1.807) is 12.4 Å². The molecule has 2 aromatic rings. The van der Waals surface area contributed by atoms with Gasteiger partial charge in [0.05, 0.1) is 0 Å². The van der Waals surface area contributed by atoms with Crippen LogP contribution in [-0.2, 0) is 10.2 Å². The minimum atomic E-state index is -0.997. The number of benzene rings is 1. The van der Waals surface area contributed by atoms with Crippen molar-refractivity contribution < 1.29 is 15.0 Å². The molecule has 4 aliphatic carbocycles. The summed E-state index contributed by atoms with van der Waals surface area (Å²) < 4.78 is 0. The van der Waals surface area contributed by atoms with Crippen LogP contribution >= 0.6 is 0 Å². The Morgan fingerprint density at radius 2 is 1.66 bits per heavy atom. The summed E-state index contributed by atoms with van der Waals surface area (Å²) in [6, 6.07) is 3.99.